The van der Waals surface area contributed by atoms with Crippen LogP contribution in [0.5, 0.6) is 0 Å². The number of carbonyl (C=O) groups excluding carboxylic acids is 1. The van der Waals surface area contributed by atoms with Gasteiger partial charge in [0.2, 0.25) is 0 Å². The molecule has 6 heteroatoms. The van der Waals surface area contributed by atoms with Crippen molar-refractivity contribution in [3.05, 3.63) is 42.4 Å². The van der Waals surface area contributed by atoms with Crippen molar-refractivity contribution >= 4 is 23.1 Å². The lowest BCUT2D eigenvalue weighted by molar-refractivity contribution is 0.0677. The molecule has 148 valence electrons. The SMILES string of the molecule is CC1CCCN(C(=O)c2cc(Nc3ccc(N4CCCCC4)cc3)ncn2)C1. The summed E-state index contributed by atoms with van der Waals surface area (Å²) in [7, 11) is 0. The first-order valence-corrected chi connectivity index (χ1v) is 10.4. The zero-order valence-electron chi connectivity index (χ0n) is 16.6. The van der Waals surface area contributed by atoms with Crippen LogP contribution in [0, 0.1) is 5.92 Å². The molecule has 3 heterocycles. The summed E-state index contributed by atoms with van der Waals surface area (Å²) >= 11 is 0. The fraction of sp³-hybridized carbons (Fsp3) is 0.500. The number of piperidine rings is 2. The van der Waals surface area contributed by atoms with Crippen LogP contribution in [-0.2, 0) is 0 Å². The number of amides is 1. The van der Waals surface area contributed by atoms with Gasteiger partial charge in [0, 0.05) is 43.6 Å². The van der Waals surface area contributed by atoms with Crippen LogP contribution in [0.15, 0.2) is 36.7 Å². The molecule has 4 rings (SSSR count). The Hall–Kier alpha value is -2.63. The first-order chi connectivity index (χ1) is 13.7. The first kappa shape index (κ1) is 18.7. The molecule has 1 unspecified atom stereocenters. The van der Waals surface area contributed by atoms with Crippen molar-refractivity contribution in [2.45, 2.75) is 39.0 Å². The molecule has 2 aliphatic heterocycles. The Morgan fingerprint density at radius 2 is 1.82 bits per heavy atom. The minimum absolute atomic E-state index is 0.00236. The Labute approximate surface area is 167 Å². The van der Waals surface area contributed by atoms with Gasteiger partial charge in [-0.25, -0.2) is 9.97 Å². The smallest absolute Gasteiger partial charge is 0.272 e. The van der Waals surface area contributed by atoms with E-state index in [4.69, 9.17) is 0 Å². The summed E-state index contributed by atoms with van der Waals surface area (Å²) in [6.07, 6.45) is 7.59. The zero-order chi connectivity index (χ0) is 19.3. The van der Waals surface area contributed by atoms with Crippen LogP contribution in [0.4, 0.5) is 17.2 Å². The summed E-state index contributed by atoms with van der Waals surface area (Å²) in [5.74, 6) is 1.20. The Morgan fingerprint density at radius 3 is 2.57 bits per heavy atom. The number of likely N-dealkylation sites (tertiary alicyclic amines) is 1. The van der Waals surface area contributed by atoms with E-state index < -0.39 is 0 Å². The fourth-order valence-corrected chi connectivity index (χ4v) is 4.13. The summed E-state index contributed by atoms with van der Waals surface area (Å²) in [5.41, 5.74) is 2.68. The second kappa shape index (κ2) is 8.59. The summed E-state index contributed by atoms with van der Waals surface area (Å²) in [6, 6.07) is 10.2. The van der Waals surface area contributed by atoms with Crippen molar-refractivity contribution in [2.75, 3.05) is 36.4 Å². The Morgan fingerprint density at radius 1 is 1.04 bits per heavy atom. The molecular weight excluding hydrogens is 350 g/mol. The van der Waals surface area contributed by atoms with Crippen molar-refractivity contribution < 1.29 is 4.79 Å². The number of carbonyl (C=O) groups is 1. The molecular formula is C22H29N5O. The van der Waals surface area contributed by atoms with E-state index in [0.29, 0.717) is 17.4 Å². The molecule has 0 spiro atoms. The minimum Gasteiger partial charge on any atom is -0.372 e. The van der Waals surface area contributed by atoms with Gasteiger partial charge in [-0.3, -0.25) is 4.79 Å². The number of aromatic nitrogens is 2. The van der Waals surface area contributed by atoms with E-state index in [1.54, 1.807) is 6.07 Å². The monoisotopic (exact) mass is 379 g/mol. The molecule has 0 aliphatic carbocycles. The van der Waals surface area contributed by atoms with Crippen LogP contribution in [0.25, 0.3) is 0 Å². The second-order valence-electron chi connectivity index (χ2n) is 8.01. The molecule has 28 heavy (non-hydrogen) atoms. The molecule has 1 aromatic carbocycles. The number of nitrogens with zero attached hydrogens (tertiary/aromatic N) is 4. The van der Waals surface area contributed by atoms with Crippen LogP contribution in [0.3, 0.4) is 0 Å². The molecule has 2 aromatic rings. The van der Waals surface area contributed by atoms with Gasteiger partial charge in [-0.1, -0.05) is 6.92 Å². The van der Waals surface area contributed by atoms with Crippen molar-refractivity contribution in [2.24, 2.45) is 5.92 Å². The number of nitrogens with one attached hydrogen (secondary N) is 1. The van der Waals surface area contributed by atoms with Crippen LogP contribution in [0.1, 0.15) is 49.5 Å². The summed E-state index contributed by atoms with van der Waals surface area (Å²) in [6.45, 7) is 6.09. The summed E-state index contributed by atoms with van der Waals surface area (Å²) < 4.78 is 0. The van der Waals surface area contributed by atoms with E-state index in [-0.39, 0.29) is 5.91 Å². The molecule has 2 fully saturated rings. The summed E-state index contributed by atoms with van der Waals surface area (Å²) in [5, 5.41) is 3.30. The van der Waals surface area contributed by atoms with Gasteiger partial charge in [-0.2, -0.15) is 0 Å². The van der Waals surface area contributed by atoms with Gasteiger partial charge in [-0.05, 0) is 62.3 Å². The summed E-state index contributed by atoms with van der Waals surface area (Å²) in [4.78, 5) is 25.6. The van der Waals surface area contributed by atoms with Crippen molar-refractivity contribution in [3.8, 4) is 0 Å². The Bertz CT molecular complexity index is 801. The second-order valence-corrected chi connectivity index (χ2v) is 8.01. The predicted octanol–water partition coefficient (Wildman–Crippen LogP) is 4.08. The third kappa shape index (κ3) is 4.43. The van der Waals surface area contributed by atoms with Gasteiger partial charge in [0.05, 0.1) is 0 Å². The van der Waals surface area contributed by atoms with Gasteiger partial charge in [0.1, 0.15) is 17.8 Å². The van der Waals surface area contributed by atoms with E-state index in [2.05, 4.69) is 51.4 Å². The molecule has 2 saturated heterocycles. The predicted molar refractivity (Wildman–Crippen MR) is 112 cm³/mol. The zero-order valence-corrected chi connectivity index (χ0v) is 16.6. The number of hydrogen-bond donors (Lipinski definition) is 1. The Balaban J connectivity index is 1.42. The minimum atomic E-state index is -0.00236. The molecule has 2 aliphatic rings. The van der Waals surface area contributed by atoms with Crippen molar-refractivity contribution in [1.29, 1.82) is 0 Å². The number of rotatable bonds is 4. The third-order valence-electron chi connectivity index (χ3n) is 5.69. The van der Waals surface area contributed by atoms with Gasteiger partial charge in [-0.15, -0.1) is 0 Å². The quantitative estimate of drug-likeness (QED) is 0.867. The van der Waals surface area contributed by atoms with E-state index in [9.17, 15) is 4.79 Å². The van der Waals surface area contributed by atoms with Gasteiger partial charge < -0.3 is 15.1 Å². The normalized spacial score (nSPS) is 20.1. The lowest BCUT2D eigenvalue weighted by Crippen LogP contribution is -2.39. The third-order valence-corrected chi connectivity index (χ3v) is 5.69. The first-order valence-electron chi connectivity index (χ1n) is 10.4. The topological polar surface area (TPSA) is 61.4 Å². The molecule has 1 aromatic heterocycles. The highest BCUT2D eigenvalue weighted by molar-refractivity contribution is 5.93. The molecule has 0 bridgehead atoms. The van der Waals surface area contributed by atoms with Crippen LogP contribution < -0.4 is 10.2 Å². The average molecular weight is 380 g/mol. The van der Waals surface area contributed by atoms with Gasteiger partial charge in [0.25, 0.3) is 5.91 Å². The van der Waals surface area contributed by atoms with Crippen LogP contribution in [0.2, 0.25) is 0 Å². The van der Waals surface area contributed by atoms with E-state index >= 15 is 0 Å². The number of benzene rings is 1. The molecule has 1 amide bonds. The highest BCUT2D eigenvalue weighted by atomic mass is 16.2. The largest absolute Gasteiger partial charge is 0.372 e. The van der Waals surface area contributed by atoms with Crippen LogP contribution >= 0.6 is 0 Å². The average Bonchev–Trinajstić information content (AvgIpc) is 2.75. The highest BCUT2D eigenvalue weighted by Crippen LogP contribution is 2.24. The standard InChI is InChI=1S/C22H29N5O/c1-17-6-5-13-27(15-17)22(28)20-14-21(24-16-23-20)25-18-7-9-19(10-8-18)26-11-3-2-4-12-26/h7-10,14,16-17H,2-6,11-13,15H2,1H3,(H,23,24,25). The van der Waals surface area contributed by atoms with Crippen molar-refractivity contribution in [1.82, 2.24) is 14.9 Å². The lowest BCUT2D eigenvalue weighted by Gasteiger charge is -2.30. The van der Waals surface area contributed by atoms with E-state index in [1.807, 2.05) is 4.90 Å². The maximum absolute atomic E-state index is 12.8. The van der Waals surface area contributed by atoms with Crippen LogP contribution in [-0.4, -0.2) is 47.0 Å². The fourth-order valence-electron chi connectivity index (χ4n) is 4.13. The molecule has 0 saturated carbocycles. The van der Waals surface area contributed by atoms with Gasteiger partial charge in [0.15, 0.2) is 0 Å². The lowest BCUT2D eigenvalue weighted by atomic mass is 10.00. The molecule has 6 nitrogen and oxygen atoms in total. The molecule has 1 N–H and O–H groups in total. The van der Waals surface area contributed by atoms with E-state index in [0.717, 1.165) is 38.3 Å². The number of anilines is 3. The molecule has 1 atom stereocenters. The Kier molecular flexibility index (Phi) is 5.74. The molecule has 0 radical (unpaired) electrons. The maximum Gasteiger partial charge on any atom is 0.272 e. The van der Waals surface area contributed by atoms with Crippen molar-refractivity contribution in [3.63, 3.8) is 0 Å². The number of hydrogen-bond acceptors (Lipinski definition) is 5. The maximum atomic E-state index is 12.8. The van der Waals surface area contributed by atoms with E-state index in [1.165, 1.54) is 37.7 Å². The van der Waals surface area contributed by atoms with Gasteiger partial charge >= 0.3 is 0 Å². The highest BCUT2D eigenvalue weighted by Gasteiger charge is 2.23.